The van der Waals surface area contributed by atoms with Gasteiger partial charge in [-0.1, -0.05) is 25.0 Å². The molecule has 2 heterocycles. The average molecular weight is 682 g/mol. The first-order valence-corrected chi connectivity index (χ1v) is 17.7. The molecule has 0 unspecified atom stereocenters. The van der Waals surface area contributed by atoms with E-state index in [-0.39, 0.29) is 29.1 Å². The van der Waals surface area contributed by atoms with E-state index in [9.17, 15) is 19.2 Å². The lowest BCUT2D eigenvalue weighted by Gasteiger charge is -2.08. The number of fused-ring (bicyclic) bond motifs is 1. The molecule has 0 bridgehead atoms. The molecule has 2 atom stereocenters. The summed E-state index contributed by atoms with van der Waals surface area (Å²) in [5.41, 5.74) is 7.24. The number of aromatic amines is 1. The molecule has 3 aromatic rings. The van der Waals surface area contributed by atoms with E-state index >= 15 is 0 Å². The molecule has 11 nitrogen and oxygen atoms in total. The summed E-state index contributed by atoms with van der Waals surface area (Å²) in [5, 5.41) is 6.68. The second-order valence-electron chi connectivity index (χ2n) is 12.4. The molecule has 2 aliphatic carbocycles. The molecule has 2 saturated carbocycles. The number of thiazole rings is 1. The van der Waals surface area contributed by atoms with Crippen LogP contribution in [-0.2, 0) is 19.1 Å². The minimum atomic E-state index is -0.109. The van der Waals surface area contributed by atoms with Gasteiger partial charge in [0.05, 0.1) is 36.5 Å². The molecule has 0 aliphatic heterocycles. The number of carbonyl (C=O) groups excluding carboxylic acids is 3. The lowest BCUT2D eigenvalue weighted by Crippen LogP contribution is -2.19. The number of anilines is 1. The molecule has 1 aromatic carbocycles. The average Bonchev–Trinajstić information content (AvgIpc) is 3.38. The number of primary amides is 1. The summed E-state index contributed by atoms with van der Waals surface area (Å²) in [6.07, 6.45) is 13.6. The second kappa shape index (κ2) is 19.6. The third-order valence-corrected chi connectivity index (χ3v) is 8.88. The molecule has 262 valence electrons. The largest absolute Gasteiger partial charge is 0.497 e. The fourth-order valence-corrected chi connectivity index (χ4v) is 6.17. The number of allylic oxidation sites excluding steroid dienone is 2. The van der Waals surface area contributed by atoms with E-state index in [1.165, 1.54) is 24.2 Å². The maximum atomic E-state index is 12.3. The molecule has 2 fully saturated rings. The van der Waals surface area contributed by atoms with E-state index in [1.807, 2.05) is 18.4 Å². The highest BCUT2D eigenvalue weighted by molar-refractivity contribution is 7.14. The summed E-state index contributed by atoms with van der Waals surface area (Å²) in [4.78, 5) is 53.8. The molecular weight excluding hydrogens is 630 g/mol. The van der Waals surface area contributed by atoms with Crippen LogP contribution in [0, 0.1) is 17.8 Å². The summed E-state index contributed by atoms with van der Waals surface area (Å²) >= 11 is 1.52. The quantitative estimate of drug-likeness (QED) is 0.0793. The van der Waals surface area contributed by atoms with Crippen LogP contribution < -0.4 is 21.2 Å². The molecule has 2 aliphatic rings. The molecule has 2 amide bonds. The monoisotopic (exact) mass is 681 g/mol. The minimum absolute atomic E-state index is 0.0298. The topological polar surface area (TPSA) is 157 Å². The van der Waals surface area contributed by atoms with Gasteiger partial charge in [-0.2, -0.15) is 0 Å². The number of hydrogen-bond acceptors (Lipinski definition) is 9. The molecule has 0 saturated heterocycles. The number of esters is 1. The Hall–Kier alpha value is -4.19. The van der Waals surface area contributed by atoms with Crippen molar-refractivity contribution in [2.45, 2.75) is 78.2 Å². The van der Waals surface area contributed by atoms with Crippen LogP contribution in [0.2, 0.25) is 0 Å². The van der Waals surface area contributed by atoms with Crippen molar-refractivity contribution in [1.82, 2.24) is 14.9 Å². The van der Waals surface area contributed by atoms with Crippen LogP contribution in [0.3, 0.4) is 0 Å². The zero-order chi connectivity index (χ0) is 35.1. The predicted molar refractivity (Wildman–Crippen MR) is 192 cm³/mol. The van der Waals surface area contributed by atoms with Gasteiger partial charge in [0.1, 0.15) is 5.75 Å². The van der Waals surface area contributed by atoms with E-state index < -0.39 is 0 Å². The van der Waals surface area contributed by atoms with Gasteiger partial charge < -0.3 is 30.4 Å². The normalized spacial score (nSPS) is 16.9. The highest BCUT2D eigenvalue weighted by atomic mass is 32.1. The van der Waals surface area contributed by atoms with Crippen LogP contribution in [0.15, 0.2) is 46.6 Å². The van der Waals surface area contributed by atoms with Crippen molar-refractivity contribution in [2.75, 3.05) is 32.6 Å². The third-order valence-electron chi connectivity index (χ3n) is 8.11. The van der Waals surface area contributed by atoms with Gasteiger partial charge in [-0.15, -0.1) is 11.3 Å². The number of carbonyl (C=O) groups is 3. The number of hydrogen-bond donors (Lipinski definition) is 3. The van der Waals surface area contributed by atoms with Crippen LogP contribution >= 0.6 is 11.3 Å². The number of nitrogens with two attached hydrogens (primary N) is 1. The van der Waals surface area contributed by atoms with E-state index in [2.05, 4.69) is 41.3 Å². The van der Waals surface area contributed by atoms with Crippen molar-refractivity contribution in [3.05, 3.63) is 52.0 Å². The maximum Gasteiger partial charge on any atom is 0.309 e. The Morgan fingerprint density at radius 1 is 1.21 bits per heavy atom. The molecule has 48 heavy (non-hydrogen) atoms. The summed E-state index contributed by atoms with van der Waals surface area (Å²) in [7, 11) is 3.39. The van der Waals surface area contributed by atoms with Crippen LogP contribution in [0.5, 0.6) is 5.75 Å². The number of benzene rings is 1. The van der Waals surface area contributed by atoms with Gasteiger partial charge in [-0.25, -0.2) is 4.98 Å². The number of rotatable bonds is 14. The van der Waals surface area contributed by atoms with Crippen molar-refractivity contribution in [3.8, 4) is 17.1 Å². The smallest absolute Gasteiger partial charge is 0.309 e. The van der Waals surface area contributed by atoms with Crippen molar-refractivity contribution >= 4 is 45.7 Å². The zero-order valence-electron chi connectivity index (χ0n) is 28.8. The van der Waals surface area contributed by atoms with Gasteiger partial charge in [0.15, 0.2) is 10.6 Å². The van der Waals surface area contributed by atoms with Crippen LogP contribution in [0.4, 0.5) is 5.13 Å². The first-order valence-electron chi connectivity index (χ1n) is 16.8. The fraction of sp³-hybridized carbons (Fsp3) is 0.528. The fourth-order valence-electron chi connectivity index (χ4n) is 5.31. The highest BCUT2D eigenvalue weighted by Crippen LogP contribution is 2.40. The zero-order valence-corrected chi connectivity index (χ0v) is 29.6. The molecule has 5 rings (SSSR count). The van der Waals surface area contributed by atoms with E-state index in [0.717, 1.165) is 67.8 Å². The van der Waals surface area contributed by atoms with E-state index in [0.29, 0.717) is 35.4 Å². The van der Waals surface area contributed by atoms with Gasteiger partial charge >= 0.3 is 5.97 Å². The van der Waals surface area contributed by atoms with Gasteiger partial charge in [0.2, 0.25) is 12.3 Å². The van der Waals surface area contributed by atoms with E-state index in [4.69, 9.17) is 15.2 Å². The lowest BCUT2D eigenvalue weighted by molar-refractivity contribution is -0.144. The third kappa shape index (κ3) is 12.4. The summed E-state index contributed by atoms with van der Waals surface area (Å²) in [5.74, 6) is 1.24. The maximum absolute atomic E-state index is 12.3. The summed E-state index contributed by atoms with van der Waals surface area (Å²) in [6.45, 7) is 7.24. The van der Waals surface area contributed by atoms with Crippen LogP contribution in [0.25, 0.3) is 22.3 Å². The van der Waals surface area contributed by atoms with Gasteiger partial charge in [0.25, 0.3) is 0 Å². The van der Waals surface area contributed by atoms with Gasteiger partial charge in [-0.3, -0.25) is 19.2 Å². The van der Waals surface area contributed by atoms with Crippen LogP contribution in [0.1, 0.15) is 72.1 Å². The lowest BCUT2D eigenvalue weighted by atomic mass is 10.1. The van der Waals surface area contributed by atoms with Crippen molar-refractivity contribution < 1.29 is 23.9 Å². The molecule has 0 spiro atoms. The Morgan fingerprint density at radius 2 is 1.96 bits per heavy atom. The number of aromatic nitrogens is 2. The summed E-state index contributed by atoms with van der Waals surface area (Å²) < 4.78 is 10.2. The second-order valence-corrected chi connectivity index (χ2v) is 13.3. The minimum Gasteiger partial charge on any atom is -0.497 e. The Bertz CT molecular complexity index is 1560. The Morgan fingerprint density at radius 3 is 2.58 bits per heavy atom. The molecule has 0 radical (unpaired) electrons. The van der Waals surface area contributed by atoms with Gasteiger partial charge in [0, 0.05) is 48.5 Å². The first-order chi connectivity index (χ1) is 23.1. The first kappa shape index (κ1) is 38.3. The molecular formula is C36H51N5O6S. The standard InChI is InChI=1S/C16H17N3O2S.C14H23NO3.C6H11NO/c1-9(2)17-16-19-14(8-22-16)13-7-15(20)11-5-4-10(21-3)6-12(11)18-13;1-3-18-14(17)13-10-12(13)8-6-4-5-7-9-15(2)11-16;7-6(8)5-3-1-2-4-5/h4-9H,1-3H3,(H,17,19)(H,18,20);6,8,11-13H,3-5,7,9-10H2,1-2H3;5H,1-4H2,(H2,7,8)/b;8-6-;/t;12-,13+;/m.1./s1. The van der Waals surface area contributed by atoms with Crippen molar-refractivity contribution in [2.24, 2.45) is 23.5 Å². The SMILES string of the molecule is CCOC(=O)[C@H]1C[C@H]1/C=C\CCCCN(C)C=O.COc1ccc2c(=O)cc(-c3csc(NC(C)C)n3)[nH]c2c1.NC(=O)C1CCCC1. The number of pyridine rings is 1. The highest BCUT2D eigenvalue weighted by Gasteiger charge is 2.42. The molecule has 4 N–H and O–H groups in total. The number of nitrogens with one attached hydrogen (secondary N) is 2. The van der Waals surface area contributed by atoms with Gasteiger partial charge in [-0.05, 0) is 77.3 Å². The number of ether oxygens (including phenoxy) is 2. The molecule has 12 heteroatoms. The Labute approximate surface area is 287 Å². The number of methoxy groups -OCH3 is 1. The van der Waals surface area contributed by atoms with Crippen LogP contribution in [-0.4, -0.2) is 66.5 Å². The van der Waals surface area contributed by atoms with Crippen molar-refractivity contribution in [1.29, 1.82) is 0 Å². The Balaban J connectivity index is 0.000000215. The number of H-pyrrole nitrogens is 1. The van der Waals surface area contributed by atoms with Crippen molar-refractivity contribution in [3.63, 3.8) is 0 Å². The Kier molecular flexibility index (Phi) is 15.6. The predicted octanol–water partition coefficient (Wildman–Crippen LogP) is 6.14. The number of amides is 2. The molecule has 2 aromatic heterocycles. The number of unbranched alkanes of at least 4 members (excludes halogenated alkanes) is 2. The van der Waals surface area contributed by atoms with E-state index in [1.54, 1.807) is 37.3 Å². The summed E-state index contributed by atoms with van der Waals surface area (Å²) in [6, 6.07) is 7.27. The number of nitrogens with zero attached hydrogens (tertiary/aromatic N) is 2.